The number of nitrogens with zero attached hydrogens (tertiary/aromatic N) is 3. The van der Waals surface area contributed by atoms with Crippen LogP contribution in [0.2, 0.25) is 0 Å². The molecule has 21 heavy (non-hydrogen) atoms. The number of carboxylic acids is 1. The third kappa shape index (κ3) is 4.25. The normalized spacial score (nSPS) is 19.1. The quantitative estimate of drug-likeness (QED) is 0.808. The molecule has 2 heterocycles. The summed E-state index contributed by atoms with van der Waals surface area (Å²) in [6.07, 6.45) is 1.77. The highest BCUT2D eigenvalue weighted by Crippen LogP contribution is 2.20. The van der Waals surface area contributed by atoms with Gasteiger partial charge in [0.15, 0.2) is 0 Å². The number of carboxylic acid groups (broad SMARTS) is 1. The SMILES string of the molecule is CC(C)c1nnc(NC(=O)CN2CCCC2CC(=O)O)o1. The summed E-state index contributed by atoms with van der Waals surface area (Å²) in [7, 11) is 0. The first kappa shape index (κ1) is 15.4. The molecule has 8 nitrogen and oxygen atoms in total. The Bertz CT molecular complexity index is 514. The third-order valence-electron chi connectivity index (χ3n) is 3.44. The molecule has 0 saturated carbocycles. The van der Waals surface area contributed by atoms with Gasteiger partial charge in [0.2, 0.25) is 11.8 Å². The van der Waals surface area contributed by atoms with Crippen LogP contribution in [0.25, 0.3) is 0 Å². The van der Waals surface area contributed by atoms with E-state index in [9.17, 15) is 9.59 Å². The van der Waals surface area contributed by atoms with Gasteiger partial charge in [0.1, 0.15) is 0 Å². The lowest BCUT2D eigenvalue weighted by Crippen LogP contribution is -2.37. The van der Waals surface area contributed by atoms with Crippen molar-refractivity contribution in [3.8, 4) is 0 Å². The summed E-state index contributed by atoms with van der Waals surface area (Å²) < 4.78 is 5.30. The minimum Gasteiger partial charge on any atom is -0.481 e. The first-order valence-electron chi connectivity index (χ1n) is 7.04. The van der Waals surface area contributed by atoms with Gasteiger partial charge in [-0.25, -0.2) is 0 Å². The lowest BCUT2D eigenvalue weighted by molar-refractivity contribution is -0.138. The zero-order valence-corrected chi connectivity index (χ0v) is 12.2. The van der Waals surface area contributed by atoms with Crippen LogP contribution in [0.1, 0.15) is 44.9 Å². The van der Waals surface area contributed by atoms with Crippen molar-refractivity contribution in [3.63, 3.8) is 0 Å². The van der Waals surface area contributed by atoms with E-state index in [4.69, 9.17) is 9.52 Å². The van der Waals surface area contributed by atoms with Crippen LogP contribution >= 0.6 is 0 Å². The summed E-state index contributed by atoms with van der Waals surface area (Å²) in [5.74, 6) is -0.547. The van der Waals surface area contributed by atoms with Crippen molar-refractivity contribution in [1.82, 2.24) is 15.1 Å². The van der Waals surface area contributed by atoms with Crippen molar-refractivity contribution in [1.29, 1.82) is 0 Å². The topological polar surface area (TPSA) is 109 Å². The summed E-state index contributed by atoms with van der Waals surface area (Å²) in [5, 5.41) is 19.0. The van der Waals surface area contributed by atoms with Crippen molar-refractivity contribution < 1.29 is 19.1 Å². The van der Waals surface area contributed by atoms with Crippen LogP contribution in [0.5, 0.6) is 0 Å². The van der Waals surface area contributed by atoms with Gasteiger partial charge >= 0.3 is 12.0 Å². The Kier molecular flexibility index (Phi) is 4.89. The lowest BCUT2D eigenvalue weighted by Gasteiger charge is -2.21. The van der Waals surface area contributed by atoms with Crippen molar-refractivity contribution in [2.75, 3.05) is 18.4 Å². The molecule has 116 valence electrons. The number of nitrogens with one attached hydrogen (secondary N) is 1. The molecule has 2 N–H and O–H groups in total. The van der Waals surface area contributed by atoms with E-state index >= 15 is 0 Å². The predicted molar refractivity (Wildman–Crippen MR) is 73.9 cm³/mol. The predicted octanol–water partition coefficient (Wildman–Crippen LogP) is 1.07. The molecule has 1 fully saturated rings. The minimum atomic E-state index is -0.842. The van der Waals surface area contributed by atoms with E-state index in [0.29, 0.717) is 5.89 Å². The molecule has 1 atom stereocenters. The molecule has 0 spiro atoms. The highest BCUT2D eigenvalue weighted by Gasteiger charge is 2.28. The van der Waals surface area contributed by atoms with Crippen LogP contribution in [0, 0.1) is 0 Å². The van der Waals surface area contributed by atoms with Gasteiger partial charge in [0, 0.05) is 12.0 Å². The van der Waals surface area contributed by atoms with Crippen molar-refractivity contribution in [3.05, 3.63) is 5.89 Å². The number of carbonyl (C=O) groups excluding carboxylic acids is 1. The van der Waals surface area contributed by atoms with Gasteiger partial charge in [-0.2, -0.15) is 0 Å². The van der Waals surface area contributed by atoms with E-state index < -0.39 is 5.97 Å². The fourth-order valence-corrected chi connectivity index (χ4v) is 2.40. The molecule has 8 heteroatoms. The van der Waals surface area contributed by atoms with Crippen LogP contribution in [-0.4, -0.2) is 51.2 Å². The minimum absolute atomic E-state index is 0.0608. The van der Waals surface area contributed by atoms with Crippen LogP contribution in [0.4, 0.5) is 6.01 Å². The molecule has 0 bridgehead atoms. The van der Waals surface area contributed by atoms with Gasteiger partial charge in [-0.1, -0.05) is 18.9 Å². The Morgan fingerprint density at radius 1 is 1.48 bits per heavy atom. The molecule has 1 aliphatic rings. The van der Waals surface area contributed by atoms with Crippen LogP contribution in [-0.2, 0) is 9.59 Å². The maximum atomic E-state index is 12.0. The average Bonchev–Trinajstić information content (AvgIpc) is 2.99. The van der Waals surface area contributed by atoms with Crippen molar-refractivity contribution in [2.24, 2.45) is 0 Å². The van der Waals surface area contributed by atoms with Crippen LogP contribution in [0.15, 0.2) is 4.42 Å². The number of hydrogen-bond donors (Lipinski definition) is 2. The van der Waals surface area contributed by atoms with Gasteiger partial charge in [0.05, 0.1) is 13.0 Å². The Hall–Kier alpha value is -1.96. The number of amides is 1. The Balaban J connectivity index is 1.87. The summed E-state index contributed by atoms with van der Waals surface area (Å²) in [4.78, 5) is 24.6. The summed E-state index contributed by atoms with van der Waals surface area (Å²) in [5.41, 5.74) is 0. The number of likely N-dealkylation sites (tertiary alicyclic amines) is 1. The van der Waals surface area contributed by atoms with Gasteiger partial charge in [-0.15, -0.1) is 5.10 Å². The summed E-state index contributed by atoms with van der Waals surface area (Å²) in [6, 6.07) is -0.000147. The number of aliphatic carboxylic acids is 1. The highest BCUT2D eigenvalue weighted by molar-refractivity contribution is 5.90. The molecular formula is C13H20N4O4. The molecule has 1 amide bonds. The first-order chi connectivity index (χ1) is 9.95. The van der Waals surface area contributed by atoms with E-state index in [1.807, 2.05) is 18.7 Å². The Labute approximate surface area is 122 Å². The summed E-state index contributed by atoms with van der Waals surface area (Å²) >= 11 is 0. The molecule has 1 unspecified atom stereocenters. The smallest absolute Gasteiger partial charge is 0.322 e. The van der Waals surface area contributed by atoms with Gasteiger partial charge < -0.3 is 9.52 Å². The largest absolute Gasteiger partial charge is 0.481 e. The van der Waals surface area contributed by atoms with Crippen LogP contribution in [0.3, 0.4) is 0 Å². The zero-order chi connectivity index (χ0) is 15.4. The fraction of sp³-hybridized carbons (Fsp3) is 0.692. The number of anilines is 1. The van der Waals surface area contributed by atoms with Crippen molar-refractivity contribution in [2.45, 2.75) is 45.1 Å². The Morgan fingerprint density at radius 2 is 2.24 bits per heavy atom. The number of aromatic nitrogens is 2. The molecule has 1 aromatic rings. The molecule has 2 rings (SSSR count). The van der Waals surface area contributed by atoms with Gasteiger partial charge in [0.25, 0.3) is 0 Å². The fourth-order valence-electron chi connectivity index (χ4n) is 2.40. The molecule has 1 saturated heterocycles. The van der Waals surface area contributed by atoms with E-state index in [1.165, 1.54) is 0 Å². The molecule has 0 aromatic carbocycles. The maximum absolute atomic E-state index is 12.0. The van der Waals surface area contributed by atoms with E-state index in [1.54, 1.807) is 0 Å². The highest BCUT2D eigenvalue weighted by atomic mass is 16.4. The van der Waals surface area contributed by atoms with E-state index in [2.05, 4.69) is 15.5 Å². The second-order valence-electron chi connectivity index (χ2n) is 5.51. The summed E-state index contributed by atoms with van der Waals surface area (Å²) in [6.45, 7) is 4.70. The zero-order valence-electron chi connectivity index (χ0n) is 12.2. The lowest BCUT2D eigenvalue weighted by atomic mass is 10.1. The van der Waals surface area contributed by atoms with Gasteiger partial charge in [-0.3, -0.25) is 19.8 Å². The van der Waals surface area contributed by atoms with E-state index in [0.717, 1.165) is 19.4 Å². The second kappa shape index (κ2) is 6.66. The monoisotopic (exact) mass is 296 g/mol. The average molecular weight is 296 g/mol. The number of carbonyl (C=O) groups is 2. The standard InChI is InChI=1S/C13H20N4O4/c1-8(2)12-15-16-13(21-12)14-10(18)7-17-5-3-4-9(17)6-11(19)20/h8-9H,3-7H2,1-2H3,(H,19,20)(H,14,16,18). The molecule has 0 radical (unpaired) electrons. The first-order valence-corrected chi connectivity index (χ1v) is 7.04. The van der Waals surface area contributed by atoms with Gasteiger partial charge in [-0.05, 0) is 19.4 Å². The van der Waals surface area contributed by atoms with Crippen molar-refractivity contribution >= 4 is 17.9 Å². The molecule has 1 aromatic heterocycles. The second-order valence-corrected chi connectivity index (χ2v) is 5.51. The Morgan fingerprint density at radius 3 is 2.86 bits per heavy atom. The molecular weight excluding hydrogens is 276 g/mol. The maximum Gasteiger partial charge on any atom is 0.322 e. The van der Waals surface area contributed by atoms with Crippen LogP contribution < -0.4 is 5.32 Å². The number of rotatable bonds is 6. The molecule has 1 aliphatic heterocycles. The number of hydrogen-bond acceptors (Lipinski definition) is 6. The molecule has 0 aliphatic carbocycles. The third-order valence-corrected chi connectivity index (χ3v) is 3.44. The van der Waals surface area contributed by atoms with E-state index in [-0.39, 0.29) is 36.8 Å².